The fourth-order valence-corrected chi connectivity index (χ4v) is 3.65. The van der Waals surface area contributed by atoms with Gasteiger partial charge in [0.25, 0.3) is 0 Å². The number of halogens is 1. The number of nitrogens with two attached hydrogens (primary N) is 1. The van der Waals surface area contributed by atoms with Gasteiger partial charge in [-0.2, -0.15) is 0 Å². The molecule has 0 aromatic heterocycles. The maximum absolute atomic E-state index is 11.3. The Morgan fingerprint density at radius 1 is 1.44 bits per heavy atom. The van der Waals surface area contributed by atoms with Gasteiger partial charge in [0, 0.05) is 32.2 Å². The Balaban J connectivity index is 0.00000312. The molecule has 0 saturated carbocycles. The van der Waals surface area contributed by atoms with Gasteiger partial charge < -0.3 is 16.0 Å². The van der Waals surface area contributed by atoms with Crippen LogP contribution in [0.1, 0.15) is 55.5 Å². The molecule has 140 valence electrons. The first-order valence-electron chi connectivity index (χ1n) is 8.82. The molecule has 0 radical (unpaired) electrons. The fourth-order valence-electron chi connectivity index (χ4n) is 3.65. The van der Waals surface area contributed by atoms with E-state index < -0.39 is 5.91 Å². The number of likely N-dealkylation sites (tertiary alicyclic amines) is 1. The number of nitrogens with one attached hydrogen (secondary N) is 1. The number of amides is 1. The molecular formula is C19H31IN4O. The molecule has 3 N–H and O–H groups in total. The van der Waals surface area contributed by atoms with Gasteiger partial charge in [-0.1, -0.05) is 32.4 Å². The lowest BCUT2D eigenvalue weighted by molar-refractivity contribution is 0.1000. The number of hydrogen-bond acceptors (Lipinski definition) is 2. The number of carbonyl (C=O) groups excluding carboxylic acids is 1. The van der Waals surface area contributed by atoms with Crippen molar-refractivity contribution in [3.8, 4) is 0 Å². The molecule has 1 saturated heterocycles. The van der Waals surface area contributed by atoms with Crippen molar-refractivity contribution in [3.05, 3.63) is 35.4 Å². The summed E-state index contributed by atoms with van der Waals surface area (Å²) in [5, 5.41) is 3.43. The number of primary amides is 1. The minimum Gasteiger partial charge on any atom is -0.366 e. The topological polar surface area (TPSA) is 70.7 Å². The SMILES string of the molecule is CCCC1(C)CCCN(C(=NC)NCc2cccc(C(N)=O)c2)C1.I. The highest BCUT2D eigenvalue weighted by Crippen LogP contribution is 2.33. The fraction of sp³-hybridized carbons (Fsp3) is 0.579. The van der Waals surface area contributed by atoms with E-state index in [1.165, 1.54) is 25.7 Å². The van der Waals surface area contributed by atoms with Crippen molar-refractivity contribution in [1.82, 2.24) is 10.2 Å². The first kappa shape index (κ1) is 21.7. The monoisotopic (exact) mass is 458 g/mol. The summed E-state index contributed by atoms with van der Waals surface area (Å²) in [7, 11) is 1.83. The van der Waals surface area contributed by atoms with Crippen LogP contribution in [0.15, 0.2) is 29.3 Å². The largest absolute Gasteiger partial charge is 0.366 e. The maximum atomic E-state index is 11.3. The smallest absolute Gasteiger partial charge is 0.248 e. The standard InChI is InChI=1S/C19H30N4O.HI/c1-4-9-19(2)10-6-11-23(14-19)18(21-3)22-13-15-7-5-8-16(12-15)17(20)24;/h5,7-8,12H,4,6,9-11,13-14H2,1-3H3,(H2,20,24)(H,21,22);1H. The summed E-state index contributed by atoms with van der Waals surface area (Å²) in [4.78, 5) is 18.1. The molecule has 6 heteroatoms. The molecular weight excluding hydrogens is 427 g/mol. The lowest BCUT2D eigenvalue weighted by Gasteiger charge is -2.42. The van der Waals surface area contributed by atoms with E-state index in [1.807, 2.05) is 25.2 Å². The zero-order valence-electron chi connectivity index (χ0n) is 15.5. The van der Waals surface area contributed by atoms with Gasteiger partial charge in [0.2, 0.25) is 5.91 Å². The minimum atomic E-state index is -0.396. The second-order valence-corrected chi connectivity index (χ2v) is 7.05. The third-order valence-corrected chi connectivity index (χ3v) is 4.81. The van der Waals surface area contributed by atoms with E-state index in [2.05, 4.69) is 29.1 Å². The van der Waals surface area contributed by atoms with Crippen molar-refractivity contribution in [2.45, 2.75) is 46.1 Å². The van der Waals surface area contributed by atoms with Crippen LogP contribution in [0.2, 0.25) is 0 Å². The second-order valence-electron chi connectivity index (χ2n) is 7.05. The highest BCUT2D eigenvalue weighted by molar-refractivity contribution is 14.0. The summed E-state index contributed by atoms with van der Waals surface area (Å²) in [6.07, 6.45) is 4.96. The normalized spacial score (nSPS) is 20.8. The van der Waals surface area contributed by atoms with Crippen LogP contribution in [0.5, 0.6) is 0 Å². The number of carbonyl (C=O) groups is 1. The van der Waals surface area contributed by atoms with Crippen LogP contribution >= 0.6 is 24.0 Å². The van der Waals surface area contributed by atoms with Crippen molar-refractivity contribution >= 4 is 35.8 Å². The van der Waals surface area contributed by atoms with Crippen LogP contribution in [0.3, 0.4) is 0 Å². The first-order chi connectivity index (χ1) is 11.5. The summed E-state index contributed by atoms with van der Waals surface area (Å²) in [5.41, 5.74) is 7.29. The third-order valence-electron chi connectivity index (χ3n) is 4.81. The molecule has 5 nitrogen and oxygen atoms in total. The second kappa shape index (κ2) is 9.99. The molecule has 1 aliphatic heterocycles. The molecule has 25 heavy (non-hydrogen) atoms. The number of rotatable bonds is 5. The molecule has 1 atom stereocenters. The van der Waals surface area contributed by atoms with Crippen LogP contribution in [0.4, 0.5) is 0 Å². The van der Waals surface area contributed by atoms with Gasteiger partial charge in [0.05, 0.1) is 0 Å². The van der Waals surface area contributed by atoms with Crippen molar-refractivity contribution in [3.63, 3.8) is 0 Å². The summed E-state index contributed by atoms with van der Waals surface area (Å²) >= 11 is 0. The van der Waals surface area contributed by atoms with E-state index >= 15 is 0 Å². The van der Waals surface area contributed by atoms with Gasteiger partial charge in [-0.15, -0.1) is 24.0 Å². The van der Waals surface area contributed by atoms with Crippen LogP contribution in [-0.4, -0.2) is 36.9 Å². The number of benzene rings is 1. The van der Waals surface area contributed by atoms with Crippen molar-refractivity contribution in [2.24, 2.45) is 16.1 Å². The van der Waals surface area contributed by atoms with Gasteiger partial charge in [-0.05, 0) is 42.4 Å². The number of hydrogen-bond donors (Lipinski definition) is 2. The van der Waals surface area contributed by atoms with Gasteiger partial charge in [0.1, 0.15) is 0 Å². The Bertz CT molecular complexity index is 601. The van der Waals surface area contributed by atoms with Crippen molar-refractivity contribution in [1.29, 1.82) is 0 Å². The third kappa shape index (κ3) is 6.17. The molecule has 1 aromatic rings. The van der Waals surface area contributed by atoms with Crippen LogP contribution in [0.25, 0.3) is 0 Å². The highest BCUT2D eigenvalue weighted by atomic mass is 127. The maximum Gasteiger partial charge on any atom is 0.248 e. The number of aliphatic imine (C=N–C) groups is 1. The Morgan fingerprint density at radius 2 is 2.20 bits per heavy atom. The van der Waals surface area contributed by atoms with E-state index in [-0.39, 0.29) is 24.0 Å². The van der Waals surface area contributed by atoms with Gasteiger partial charge in [-0.3, -0.25) is 9.79 Å². The lowest BCUT2D eigenvalue weighted by atomic mass is 9.78. The lowest BCUT2D eigenvalue weighted by Crippen LogP contribution is -2.49. The van der Waals surface area contributed by atoms with Gasteiger partial charge in [0.15, 0.2) is 5.96 Å². The first-order valence-corrected chi connectivity index (χ1v) is 8.82. The molecule has 0 spiro atoms. The number of piperidine rings is 1. The zero-order valence-corrected chi connectivity index (χ0v) is 17.9. The van der Waals surface area contributed by atoms with E-state index in [9.17, 15) is 4.79 Å². The van der Waals surface area contributed by atoms with E-state index in [4.69, 9.17) is 5.73 Å². The Labute approximate surface area is 168 Å². The Hall–Kier alpha value is -1.31. The summed E-state index contributed by atoms with van der Waals surface area (Å²) in [6.45, 7) is 7.35. The molecule has 1 aliphatic rings. The summed E-state index contributed by atoms with van der Waals surface area (Å²) in [6, 6.07) is 7.42. The molecule has 1 unspecified atom stereocenters. The van der Waals surface area contributed by atoms with Crippen LogP contribution < -0.4 is 11.1 Å². The van der Waals surface area contributed by atoms with E-state index in [0.29, 0.717) is 17.5 Å². The number of nitrogens with zero attached hydrogens (tertiary/aromatic N) is 2. The molecule has 2 rings (SSSR count). The molecule has 1 heterocycles. The quantitative estimate of drug-likeness (QED) is 0.404. The molecule has 1 amide bonds. The Morgan fingerprint density at radius 3 is 2.84 bits per heavy atom. The van der Waals surface area contributed by atoms with Crippen molar-refractivity contribution in [2.75, 3.05) is 20.1 Å². The molecule has 1 fully saturated rings. The average Bonchev–Trinajstić information content (AvgIpc) is 2.56. The number of guanidine groups is 1. The van der Waals surface area contributed by atoms with Crippen LogP contribution in [0, 0.1) is 5.41 Å². The average molecular weight is 458 g/mol. The highest BCUT2D eigenvalue weighted by Gasteiger charge is 2.31. The van der Waals surface area contributed by atoms with Crippen molar-refractivity contribution < 1.29 is 4.79 Å². The zero-order chi connectivity index (χ0) is 17.6. The Kier molecular flexibility index (Phi) is 8.68. The minimum absolute atomic E-state index is 0. The predicted octanol–water partition coefficient (Wildman–Crippen LogP) is 3.38. The summed E-state index contributed by atoms with van der Waals surface area (Å²) in [5.74, 6) is 0.536. The van der Waals surface area contributed by atoms with E-state index in [1.54, 1.807) is 6.07 Å². The van der Waals surface area contributed by atoms with Gasteiger partial charge in [-0.25, -0.2) is 0 Å². The molecule has 0 bridgehead atoms. The van der Waals surface area contributed by atoms with E-state index in [0.717, 1.165) is 24.6 Å². The summed E-state index contributed by atoms with van der Waals surface area (Å²) < 4.78 is 0. The molecule has 0 aliphatic carbocycles. The predicted molar refractivity (Wildman–Crippen MR) is 114 cm³/mol. The van der Waals surface area contributed by atoms with Crippen LogP contribution in [-0.2, 0) is 6.54 Å². The molecule has 1 aromatic carbocycles. The van der Waals surface area contributed by atoms with Gasteiger partial charge >= 0.3 is 0 Å².